The highest BCUT2D eigenvalue weighted by atomic mass is 19.4. The zero-order valence-electron chi connectivity index (χ0n) is 20.9. The van der Waals surface area contributed by atoms with Gasteiger partial charge in [-0.1, -0.05) is 18.2 Å². The third kappa shape index (κ3) is 5.39. The van der Waals surface area contributed by atoms with Gasteiger partial charge in [-0.05, 0) is 49.2 Å². The summed E-state index contributed by atoms with van der Waals surface area (Å²) in [5, 5.41) is 23.4. The van der Waals surface area contributed by atoms with Gasteiger partial charge in [-0.3, -0.25) is 9.59 Å². The van der Waals surface area contributed by atoms with Gasteiger partial charge >= 0.3 is 6.18 Å². The van der Waals surface area contributed by atoms with E-state index in [9.17, 15) is 33.0 Å². The third-order valence-electron chi connectivity index (χ3n) is 7.38. The van der Waals surface area contributed by atoms with Crippen LogP contribution in [0.2, 0.25) is 0 Å². The lowest BCUT2D eigenvalue weighted by molar-refractivity contribution is -0.137. The van der Waals surface area contributed by atoms with Crippen LogP contribution < -0.4 is 10.1 Å². The van der Waals surface area contributed by atoms with Gasteiger partial charge in [-0.25, -0.2) is 0 Å². The fraction of sp³-hybridized carbons (Fsp3) is 0.429. The Hall–Kier alpha value is -3.41. The van der Waals surface area contributed by atoms with E-state index in [-0.39, 0.29) is 36.9 Å². The van der Waals surface area contributed by atoms with Crippen molar-refractivity contribution in [2.45, 2.75) is 49.3 Å². The highest BCUT2D eigenvalue weighted by molar-refractivity contribution is 5.97. The Labute approximate surface area is 223 Å². The molecule has 208 valence electrons. The minimum Gasteiger partial charge on any atom is -0.486 e. The summed E-state index contributed by atoms with van der Waals surface area (Å²) in [5.74, 6) is -1.19. The molecule has 0 aromatic heterocycles. The maximum absolute atomic E-state index is 13.8. The lowest BCUT2D eigenvalue weighted by Crippen LogP contribution is -2.57. The molecule has 0 radical (unpaired) electrons. The first kappa shape index (κ1) is 27.2. The summed E-state index contributed by atoms with van der Waals surface area (Å²) in [4.78, 5) is 28.4. The number of carbonyl (C=O) groups is 2. The molecule has 0 unspecified atom stereocenters. The second kappa shape index (κ2) is 11.0. The highest BCUT2D eigenvalue weighted by Crippen LogP contribution is 2.47. The first-order chi connectivity index (χ1) is 18.7. The van der Waals surface area contributed by atoms with Crippen LogP contribution in [-0.2, 0) is 15.7 Å². The number of benzene rings is 2. The minimum atomic E-state index is -4.55. The molecule has 3 aliphatic rings. The van der Waals surface area contributed by atoms with Crippen LogP contribution in [0.25, 0.3) is 0 Å². The zero-order valence-corrected chi connectivity index (χ0v) is 20.9. The van der Waals surface area contributed by atoms with E-state index in [4.69, 9.17) is 9.47 Å². The average molecular weight is 547 g/mol. The highest BCUT2D eigenvalue weighted by Gasteiger charge is 2.50. The molecule has 2 aromatic carbocycles. The molecule has 1 aliphatic carbocycles. The van der Waals surface area contributed by atoms with E-state index in [2.05, 4.69) is 5.32 Å². The van der Waals surface area contributed by atoms with Gasteiger partial charge in [0, 0.05) is 36.4 Å². The van der Waals surface area contributed by atoms with E-state index in [1.807, 2.05) is 0 Å². The van der Waals surface area contributed by atoms with E-state index in [0.29, 0.717) is 24.3 Å². The largest absolute Gasteiger partial charge is 0.486 e. The molecule has 2 aliphatic heterocycles. The SMILES string of the molecule is O=C(NCCO)C1=C[C@@H](N(C[C@H]2CCCO2)C(=O)c2ccc(C(F)(F)F)cc2)[C@H](O)[C@H]2Oc3ccccc3[C@@H]12. The van der Waals surface area contributed by atoms with E-state index in [0.717, 1.165) is 30.7 Å². The van der Waals surface area contributed by atoms with Crippen LogP contribution in [0.1, 0.15) is 40.2 Å². The number of nitrogens with zero attached hydrogens (tertiary/aromatic N) is 1. The van der Waals surface area contributed by atoms with Crippen LogP contribution in [0.3, 0.4) is 0 Å². The van der Waals surface area contributed by atoms with Crippen molar-refractivity contribution in [1.29, 1.82) is 0 Å². The summed E-state index contributed by atoms with van der Waals surface area (Å²) < 4.78 is 51.2. The van der Waals surface area contributed by atoms with Crippen LogP contribution in [0, 0.1) is 0 Å². The summed E-state index contributed by atoms with van der Waals surface area (Å²) >= 11 is 0. The second-order valence-corrected chi connectivity index (χ2v) is 9.85. The fourth-order valence-electron chi connectivity index (χ4n) is 5.51. The molecule has 0 spiro atoms. The Morgan fingerprint density at radius 1 is 1.10 bits per heavy atom. The number of halogens is 3. The minimum absolute atomic E-state index is 0.00521. The summed E-state index contributed by atoms with van der Waals surface area (Å²) in [5.41, 5.74) is 0.104. The van der Waals surface area contributed by atoms with Crippen LogP contribution in [0.4, 0.5) is 13.2 Å². The lowest BCUT2D eigenvalue weighted by atomic mass is 9.77. The number of carbonyl (C=O) groups excluding carboxylic acids is 2. The molecule has 1 fully saturated rings. The Morgan fingerprint density at radius 2 is 1.85 bits per heavy atom. The Kier molecular flexibility index (Phi) is 7.66. The van der Waals surface area contributed by atoms with Gasteiger partial charge in [0.1, 0.15) is 18.0 Å². The van der Waals surface area contributed by atoms with Crippen molar-refractivity contribution in [2.24, 2.45) is 0 Å². The number of amides is 2. The Morgan fingerprint density at radius 3 is 2.51 bits per heavy atom. The number of nitrogens with one attached hydrogen (secondary N) is 1. The van der Waals surface area contributed by atoms with Crippen molar-refractivity contribution in [3.63, 3.8) is 0 Å². The van der Waals surface area contributed by atoms with Gasteiger partial charge < -0.3 is 29.9 Å². The van der Waals surface area contributed by atoms with Crippen molar-refractivity contribution in [1.82, 2.24) is 10.2 Å². The normalized spacial score (nSPS) is 25.8. The summed E-state index contributed by atoms with van der Waals surface area (Å²) in [6.45, 7) is 0.305. The number of aliphatic hydroxyl groups excluding tert-OH is 2. The van der Waals surface area contributed by atoms with Crippen molar-refractivity contribution in [3.05, 3.63) is 76.9 Å². The maximum Gasteiger partial charge on any atom is 0.416 e. The molecule has 0 bridgehead atoms. The summed E-state index contributed by atoms with van der Waals surface area (Å²) in [7, 11) is 0. The molecule has 5 atom stereocenters. The smallest absolute Gasteiger partial charge is 0.416 e. The van der Waals surface area contributed by atoms with Crippen LogP contribution in [0.15, 0.2) is 60.2 Å². The summed E-state index contributed by atoms with van der Waals surface area (Å²) in [6, 6.07) is 9.95. The molecule has 11 heteroatoms. The van der Waals surface area contributed by atoms with E-state index in [1.165, 1.54) is 11.0 Å². The van der Waals surface area contributed by atoms with Gasteiger partial charge in [0.25, 0.3) is 5.91 Å². The number of ether oxygens (including phenoxy) is 2. The zero-order chi connectivity index (χ0) is 27.7. The molecule has 2 aromatic rings. The lowest BCUT2D eigenvalue weighted by Gasteiger charge is -2.41. The molecule has 0 saturated carbocycles. The number of para-hydroxylation sites is 1. The molecule has 8 nitrogen and oxygen atoms in total. The van der Waals surface area contributed by atoms with Gasteiger partial charge in [0.2, 0.25) is 5.91 Å². The predicted molar refractivity (Wildman–Crippen MR) is 133 cm³/mol. The molecule has 5 rings (SSSR count). The molecule has 2 heterocycles. The fourth-order valence-corrected chi connectivity index (χ4v) is 5.51. The predicted octanol–water partition coefficient (Wildman–Crippen LogP) is 2.65. The van der Waals surface area contributed by atoms with Crippen LogP contribution in [0.5, 0.6) is 5.75 Å². The first-order valence-corrected chi connectivity index (χ1v) is 12.8. The molecule has 2 amide bonds. The number of hydrogen-bond donors (Lipinski definition) is 3. The van der Waals surface area contributed by atoms with Gasteiger partial charge in [0.15, 0.2) is 0 Å². The molecule has 1 saturated heterocycles. The monoisotopic (exact) mass is 546 g/mol. The van der Waals surface area contributed by atoms with Gasteiger partial charge in [-0.15, -0.1) is 0 Å². The molecular formula is C28H29F3N2O6. The topological polar surface area (TPSA) is 108 Å². The number of aliphatic hydroxyl groups is 2. The van der Waals surface area contributed by atoms with Crippen molar-refractivity contribution < 1.29 is 42.4 Å². The van der Waals surface area contributed by atoms with Crippen molar-refractivity contribution in [3.8, 4) is 5.75 Å². The van der Waals surface area contributed by atoms with Gasteiger partial charge in [-0.2, -0.15) is 13.2 Å². The summed E-state index contributed by atoms with van der Waals surface area (Å²) in [6.07, 6.45) is -4.05. The van der Waals surface area contributed by atoms with Crippen molar-refractivity contribution in [2.75, 3.05) is 26.3 Å². The number of hydrogen-bond acceptors (Lipinski definition) is 6. The maximum atomic E-state index is 13.8. The Bertz CT molecular complexity index is 1240. The number of fused-ring (bicyclic) bond motifs is 3. The van der Waals surface area contributed by atoms with Crippen LogP contribution >= 0.6 is 0 Å². The molecule has 39 heavy (non-hydrogen) atoms. The average Bonchev–Trinajstić information content (AvgIpc) is 3.58. The van der Waals surface area contributed by atoms with Gasteiger partial charge in [0.05, 0.1) is 30.2 Å². The van der Waals surface area contributed by atoms with Crippen LogP contribution in [-0.4, -0.2) is 77.6 Å². The number of rotatable bonds is 7. The first-order valence-electron chi connectivity index (χ1n) is 12.8. The number of alkyl halides is 3. The molecule has 3 N–H and O–H groups in total. The second-order valence-electron chi connectivity index (χ2n) is 9.85. The van der Waals surface area contributed by atoms with Crippen molar-refractivity contribution >= 4 is 11.8 Å². The third-order valence-corrected chi connectivity index (χ3v) is 7.38. The Balaban J connectivity index is 1.54. The van der Waals surface area contributed by atoms with E-state index < -0.39 is 47.7 Å². The van der Waals surface area contributed by atoms with E-state index >= 15 is 0 Å². The quantitative estimate of drug-likeness (QED) is 0.493. The van der Waals surface area contributed by atoms with E-state index in [1.54, 1.807) is 24.3 Å². The molecular weight excluding hydrogens is 517 g/mol. The standard InChI is InChI=1S/C28H29F3N2O6/c29-28(30,31)17-9-7-16(8-10-17)27(37)33(15-18-4-3-13-38-18)21-14-20(26(36)32-11-12-34)23-19-5-1-2-6-22(19)39-25(23)24(21)35/h1-2,5-10,14,18,21,23-25,34-35H,3-4,11-13,15H2,(H,32,36)/t18-,21-,23+,24+,25+/m1/s1.